The van der Waals surface area contributed by atoms with Crippen LogP contribution in [0.3, 0.4) is 0 Å². The highest BCUT2D eigenvalue weighted by molar-refractivity contribution is 5.97. The molecule has 20 N–H and O–H groups in total. The highest BCUT2D eigenvalue weighted by Crippen LogP contribution is 2.13. The largest absolute Gasteiger partial charge is 0.480 e. The Bertz CT molecular complexity index is 1890. The average Bonchev–Trinajstić information content (AvgIpc) is 3.79. The molecule has 0 aliphatic rings. The number of nitrogens with one attached hydrogen (secondary N) is 11. The van der Waals surface area contributed by atoms with E-state index in [0.717, 1.165) is 5.56 Å². The van der Waals surface area contributed by atoms with Crippen molar-refractivity contribution < 1.29 is 38.7 Å². The number of H-pyrrole nitrogens is 1. The molecule has 8 atom stereocenters. The third-order valence-corrected chi connectivity index (χ3v) is 10.6. The second kappa shape index (κ2) is 29.6. The predicted molar refractivity (Wildman–Crippen MR) is 246 cm³/mol. The van der Waals surface area contributed by atoms with E-state index < -0.39 is 89.6 Å². The Morgan fingerprint density at radius 2 is 1.18 bits per heavy atom. The molecule has 0 aliphatic heterocycles. The first kappa shape index (κ1) is 55.3. The quantitative estimate of drug-likeness (QED) is 0.0207. The van der Waals surface area contributed by atoms with Crippen LogP contribution in [0, 0.1) is 16.7 Å². The number of carbonyl (C=O) groups excluding carboxylic acids is 6. The number of hydrogen-bond donors (Lipinski definition) is 16. The van der Waals surface area contributed by atoms with Crippen LogP contribution in [0.4, 0.5) is 0 Å². The molecule has 0 saturated carbocycles. The Labute approximate surface area is 384 Å². The standard InChI is InChI=1S/C42H70N16O8/c1-4-24(2)33(39(64)56-29(14-8-9-17-43)35(60)53-25(3)40(65)66)58-37(62)31(16-11-19-51-42(47)48)54-36(61)30(15-10-18-50-41(45)46)55-38(63)32(21-27-22-49-23-52-27)57-34(59)28(44)20-26-12-6-5-7-13-26/h5-7,12-13,22-25,28-33H,4,8-11,14-21,43-44H2,1-3H3,(H,49,52)(H,53,60)(H,54,61)(H,55,63)(H,56,64)(H,57,59)(H,58,62)(H,65,66)(H4,45,46,50)(H4,47,48,51)/t24-,25-,28-,29-,30-,31-,32-,33-/m0/s1. The van der Waals surface area contributed by atoms with Crippen molar-refractivity contribution in [1.29, 1.82) is 10.8 Å². The van der Waals surface area contributed by atoms with Gasteiger partial charge in [0.15, 0.2) is 11.9 Å². The molecule has 2 aromatic rings. The zero-order chi connectivity index (χ0) is 49.2. The summed E-state index contributed by atoms with van der Waals surface area (Å²) in [5.74, 6) is -6.86. The van der Waals surface area contributed by atoms with Crippen molar-refractivity contribution >= 4 is 53.3 Å². The normalized spacial score (nSPS) is 14.6. The molecule has 1 aromatic heterocycles. The monoisotopic (exact) mass is 927 g/mol. The first-order valence-corrected chi connectivity index (χ1v) is 22.0. The lowest BCUT2D eigenvalue weighted by Crippen LogP contribution is -2.61. The van der Waals surface area contributed by atoms with Crippen molar-refractivity contribution in [2.45, 2.75) is 127 Å². The van der Waals surface area contributed by atoms with Gasteiger partial charge in [-0.25, -0.2) is 4.98 Å². The molecule has 24 nitrogen and oxygen atoms in total. The van der Waals surface area contributed by atoms with Crippen LogP contribution in [0.25, 0.3) is 0 Å². The van der Waals surface area contributed by atoms with Crippen LogP contribution in [0.15, 0.2) is 42.9 Å². The van der Waals surface area contributed by atoms with Gasteiger partial charge in [-0.15, -0.1) is 0 Å². The Hall–Kier alpha value is -6.82. The van der Waals surface area contributed by atoms with Gasteiger partial charge in [0.1, 0.15) is 36.3 Å². The molecule has 1 heterocycles. The molecule has 0 spiro atoms. The Morgan fingerprint density at radius 1 is 0.682 bits per heavy atom. The molecule has 0 saturated heterocycles. The summed E-state index contributed by atoms with van der Waals surface area (Å²) in [4.78, 5) is 102. The van der Waals surface area contributed by atoms with E-state index in [4.69, 9.17) is 33.8 Å². The number of guanidine groups is 2. The highest BCUT2D eigenvalue weighted by Gasteiger charge is 2.35. The van der Waals surface area contributed by atoms with Crippen molar-refractivity contribution in [1.82, 2.24) is 52.5 Å². The third kappa shape index (κ3) is 20.8. The Kier molecular flexibility index (Phi) is 24.8. The van der Waals surface area contributed by atoms with E-state index in [1.807, 2.05) is 18.2 Å². The topological polar surface area (TPSA) is 416 Å². The molecule has 66 heavy (non-hydrogen) atoms. The number of carboxylic acids is 1. The summed E-state index contributed by atoms with van der Waals surface area (Å²) in [5, 5.41) is 45.6. The summed E-state index contributed by atoms with van der Waals surface area (Å²) >= 11 is 0. The summed E-state index contributed by atoms with van der Waals surface area (Å²) in [7, 11) is 0. The lowest BCUT2D eigenvalue weighted by Gasteiger charge is -2.29. The van der Waals surface area contributed by atoms with E-state index in [1.165, 1.54) is 13.3 Å². The first-order chi connectivity index (χ1) is 31.4. The second-order valence-corrected chi connectivity index (χ2v) is 16.0. The number of nitrogens with two attached hydrogens (primary N) is 4. The number of hydrogen-bond acceptors (Lipinski definition) is 12. The molecule has 366 valence electrons. The molecular weight excluding hydrogens is 857 g/mol. The second-order valence-electron chi connectivity index (χ2n) is 16.0. The highest BCUT2D eigenvalue weighted by atomic mass is 16.4. The third-order valence-electron chi connectivity index (χ3n) is 10.6. The molecule has 0 bridgehead atoms. The van der Waals surface area contributed by atoms with Gasteiger partial charge in [-0.3, -0.25) is 44.4 Å². The molecular formula is C42H70N16O8. The zero-order valence-corrected chi connectivity index (χ0v) is 37.9. The maximum atomic E-state index is 14.3. The number of aromatic amines is 1. The number of amides is 6. The SMILES string of the molecule is CC[C@H](C)[C@H](NC(=O)[C@H](CCCNC(=N)N)NC(=O)[C@H](CCCNC(=N)N)NC(=O)[C@H](Cc1c[nH]cn1)NC(=O)[C@@H](N)Cc1ccccc1)C(=O)N[C@@H](CCCCN)C(=O)N[C@@H](C)C(=O)O. The van der Waals surface area contributed by atoms with Crippen LogP contribution in [0.5, 0.6) is 0 Å². The Balaban J connectivity index is 2.43. The molecule has 1 aromatic carbocycles. The van der Waals surface area contributed by atoms with Crippen molar-refractivity contribution in [3.8, 4) is 0 Å². The van der Waals surface area contributed by atoms with E-state index in [1.54, 1.807) is 32.2 Å². The van der Waals surface area contributed by atoms with Crippen molar-refractivity contribution in [3.63, 3.8) is 0 Å². The number of aromatic nitrogens is 2. The van der Waals surface area contributed by atoms with Crippen LogP contribution in [-0.2, 0) is 46.4 Å². The minimum Gasteiger partial charge on any atom is -0.480 e. The molecule has 0 radical (unpaired) electrons. The molecule has 0 aliphatic carbocycles. The number of carbonyl (C=O) groups is 7. The van der Waals surface area contributed by atoms with Crippen molar-refractivity contribution in [2.75, 3.05) is 19.6 Å². The van der Waals surface area contributed by atoms with Gasteiger partial charge in [-0.2, -0.15) is 0 Å². The summed E-state index contributed by atoms with van der Waals surface area (Å²) < 4.78 is 0. The minimum atomic E-state index is -1.32. The summed E-state index contributed by atoms with van der Waals surface area (Å²) in [6, 6.07) is 0.497. The number of carboxylic acid groups (broad SMARTS) is 1. The fourth-order valence-corrected chi connectivity index (χ4v) is 6.56. The number of benzene rings is 1. The smallest absolute Gasteiger partial charge is 0.325 e. The van der Waals surface area contributed by atoms with E-state index in [2.05, 4.69) is 52.5 Å². The van der Waals surface area contributed by atoms with Gasteiger partial charge in [0.2, 0.25) is 35.4 Å². The average molecular weight is 927 g/mol. The predicted octanol–water partition coefficient (Wildman–Crippen LogP) is -2.76. The molecule has 0 unspecified atom stereocenters. The molecule has 0 fully saturated rings. The van der Waals surface area contributed by atoms with E-state index in [-0.39, 0.29) is 70.0 Å². The number of rotatable bonds is 31. The molecule has 24 heteroatoms. The summed E-state index contributed by atoms with van der Waals surface area (Å²) in [5.41, 5.74) is 24.0. The van der Waals surface area contributed by atoms with Gasteiger partial charge in [0.25, 0.3) is 0 Å². The van der Waals surface area contributed by atoms with Gasteiger partial charge in [-0.05, 0) is 76.3 Å². The van der Waals surface area contributed by atoms with E-state index in [0.29, 0.717) is 31.5 Å². The van der Waals surface area contributed by atoms with Crippen LogP contribution in [0.1, 0.15) is 83.4 Å². The number of aliphatic carboxylic acids is 1. The fraction of sp³-hybridized carbons (Fsp3) is 0.571. The number of unbranched alkanes of at least 4 members (excludes halogenated alkanes) is 1. The van der Waals surface area contributed by atoms with Gasteiger partial charge in [0.05, 0.1) is 18.1 Å². The van der Waals surface area contributed by atoms with Gasteiger partial charge in [-0.1, -0.05) is 50.6 Å². The van der Waals surface area contributed by atoms with E-state index in [9.17, 15) is 38.7 Å². The maximum Gasteiger partial charge on any atom is 0.325 e. The zero-order valence-electron chi connectivity index (χ0n) is 37.9. The number of imidazole rings is 1. The first-order valence-electron chi connectivity index (χ1n) is 22.0. The summed E-state index contributed by atoms with van der Waals surface area (Å²) in [6.45, 7) is 5.37. The van der Waals surface area contributed by atoms with Crippen LogP contribution in [0.2, 0.25) is 0 Å². The minimum absolute atomic E-state index is 0.0271. The van der Waals surface area contributed by atoms with Gasteiger partial charge < -0.3 is 75.6 Å². The van der Waals surface area contributed by atoms with Crippen molar-refractivity contribution in [3.05, 3.63) is 54.1 Å². The molecule has 6 amide bonds. The van der Waals surface area contributed by atoms with Gasteiger partial charge >= 0.3 is 5.97 Å². The van der Waals surface area contributed by atoms with E-state index >= 15 is 0 Å². The maximum absolute atomic E-state index is 14.3. The lowest BCUT2D eigenvalue weighted by atomic mass is 9.96. The van der Waals surface area contributed by atoms with Crippen LogP contribution < -0.4 is 65.5 Å². The fourth-order valence-electron chi connectivity index (χ4n) is 6.56. The molecule has 2 rings (SSSR count). The lowest BCUT2D eigenvalue weighted by molar-refractivity contribution is -0.142. The van der Waals surface area contributed by atoms with Gasteiger partial charge in [0, 0.05) is 25.7 Å². The Morgan fingerprint density at radius 3 is 1.68 bits per heavy atom. The van der Waals surface area contributed by atoms with Crippen molar-refractivity contribution in [2.24, 2.45) is 28.9 Å². The van der Waals surface area contributed by atoms with Crippen LogP contribution in [-0.4, -0.2) is 130 Å². The van der Waals surface area contributed by atoms with Crippen LogP contribution >= 0.6 is 0 Å². The summed E-state index contributed by atoms with van der Waals surface area (Å²) in [6.07, 6.45) is 4.87. The number of nitrogens with zero attached hydrogens (tertiary/aromatic N) is 1.